The Morgan fingerprint density at radius 2 is 2.33 bits per heavy atom. The molecule has 0 bridgehead atoms. The van der Waals surface area contributed by atoms with E-state index < -0.39 is 11.6 Å². The zero-order valence-electron chi connectivity index (χ0n) is 11.0. The summed E-state index contributed by atoms with van der Waals surface area (Å²) >= 11 is 0. The molecule has 1 aromatic heterocycles. The fraction of sp³-hybridized carbons (Fsp3) is 0.571. The average Bonchev–Trinajstić information content (AvgIpc) is 2.33. The van der Waals surface area contributed by atoms with Crippen LogP contribution in [0.2, 0.25) is 0 Å². The second kappa shape index (κ2) is 5.06. The third-order valence-electron chi connectivity index (χ3n) is 3.73. The lowest BCUT2D eigenvalue weighted by Gasteiger charge is -2.45. The molecule has 0 spiro atoms. The van der Waals surface area contributed by atoms with Crippen molar-refractivity contribution < 1.29 is 9.90 Å². The number of carbonyl (C=O) groups excluding carboxylic acids is 1. The number of piperidine rings is 1. The van der Waals surface area contributed by atoms with E-state index in [1.807, 2.05) is 32.0 Å². The van der Waals surface area contributed by atoms with E-state index in [1.165, 1.54) is 0 Å². The van der Waals surface area contributed by atoms with E-state index in [2.05, 4.69) is 4.98 Å². The number of amides is 1. The van der Waals surface area contributed by atoms with Gasteiger partial charge in [0.05, 0.1) is 18.1 Å². The molecule has 1 atom stereocenters. The Morgan fingerprint density at radius 1 is 1.56 bits per heavy atom. The number of carbonyl (C=O) groups is 1. The largest absolute Gasteiger partial charge is 0.391 e. The summed E-state index contributed by atoms with van der Waals surface area (Å²) in [5.41, 5.74) is 0.294. The summed E-state index contributed by atoms with van der Waals surface area (Å²) in [4.78, 5) is 18.3. The third kappa shape index (κ3) is 2.53. The first kappa shape index (κ1) is 13.0. The fourth-order valence-electron chi connectivity index (χ4n) is 2.46. The normalized spacial score (nSPS) is 22.8. The molecule has 0 saturated carbocycles. The van der Waals surface area contributed by atoms with Crippen molar-refractivity contribution in [3.63, 3.8) is 0 Å². The molecule has 0 aromatic carbocycles. The Labute approximate surface area is 108 Å². The summed E-state index contributed by atoms with van der Waals surface area (Å²) in [6, 6.07) is 5.57. The first-order valence-corrected chi connectivity index (χ1v) is 6.40. The van der Waals surface area contributed by atoms with Gasteiger partial charge in [0.25, 0.3) is 0 Å². The van der Waals surface area contributed by atoms with Crippen LogP contribution in [0.5, 0.6) is 0 Å². The van der Waals surface area contributed by atoms with Crippen molar-refractivity contribution in [1.82, 2.24) is 9.88 Å². The molecule has 1 aliphatic rings. The van der Waals surface area contributed by atoms with E-state index in [9.17, 15) is 9.90 Å². The van der Waals surface area contributed by atoms with Crippen LogP contribution < -0.4 is 0 Å². The van der Waals surface area contributed by atoms with Gasteiger partial charge in [-0.1, -0.05) is 6.07 Å². The highest BCUT2D eigenvalue weighted by Gasteiger charge is 2.39. The molecule has 4 nitrogen and oxygen atoms in total. The van der Waals surface area contributed by atoms with Crippen LogP contribution in [0.25, 0.3) is 0 Å². The summed E-state index contributed by atoms with van der Waals surface area (Å²) in [7, 11) is 0. The van der Waals surface area contributed by atoms with Crippen molar-refractivity contribution in [3.8, 4) is 0 Å². The van der Waals surface area contributed by atoms with Crippen LogP contribution in [0.15, 0.2) is 24.4 Å². The quantitative estimate of drug-likeness (QED) is 0.860. The van der Waals surface area contributed by atoms with E-state index in [0.29, 0.717) is 6.42 Å². The van der Waals surface area contributed by atoms with Gasteiger partial charge in [-0.15, -0.1) is 0 Å². The monoisotopic (exact) mass is 248 g/mol. The van der Waals surface area contributed by atoms with Crippen LogP contribution in [0.4, 0.5) is 0 Å². The molecule has 1 amide bonds. The zero-order valence-corrected chi connectivity index (χ0v) is 11.0. The summed E-state index contributed by atoms with van der Waals surface area (Å²) in [5.74, 6) is 0.0393. The highest BCUT2D eigenvalue weighted by atomic mass is 16.3. The van der Waals surface area contributed by atoms with Gasteiger partial charge in [-0.05, 0) is 38.8 Å². The van der Waals surface area contributed by atoms with Crippen LogP contribution in [0.3, 0.4) is 0 Å². The van der Waals surface area contributed by atoms with Gasteiger partial charge in [0.2, 0.25) is 5.91 Å². The number of pyridine rings is 1. The maximum Gasteiger partial charge on any atom is 0.229 e. The molecule has 0 aliphatic carbocycles. The van der Waals surface area contributed by atoms with E-state index in [1.54, 1.807) is 11.1 Å². The Bertz CT molecular complexity index is 417. The van der Waals surface area contributed by atoms with Crippen LogP contribution in [0.1, 0.15) is 32.4 Å². The van der Waals surface area contributed by atoms with Crippen molar-refractivity contribution in [2.45, 2.75) is 44.8 Å². The fourth-order valence-corrected chi connectivity index (χ4v) is 2.46. The smallest absolute Gasteiger partial charge is 0.229 e. The zero-order chi connectivity index (χ0) is 13.2. The van der Waals surface area contributed by atoms with Crippen molar-refractivity contribution in [2.24, 2.45) is 0 Å². The lowest BCUT2D eigenvalue weighted by molar-refractivity contribution is -0.144. The standard InChI is InChI=1S/C14H20N2O2/c1-14(2)12(17)7-5-9-16(14)13(18)10-11-6-3-4-8-15-11/h3-4,6,8,12,17H,5,7,9-10H2,1-2H3. The molecule has 98 valence electrons. The number of likely N-dealkylation sites (tertiary alicyclic amines) is 1. The first-order valence-electron chi connectivity index (χ1n) is 6.40. The molecule has 1 fully saturated rings. The minimum absolute atomic E-state index is 0.0393. The van der Waals surface area contributed by atoms with Gasteiger partial charge >= 0.3 is 0 Å². The molecule has 1 aliphatic heterocycles. The van der Waals surface area contributed by atoms with Crippen molar-refractivity contribution in [1.29, 1.82) is 0 Å². The molecule has 2 heterocycles. The molecule has 1 aromatic rings. The number of hydrogen-bond donors (Lipinski definition) is 1. The lowest BCUT2D eigenvalue weighted by Crippen LogP contribution is -2.58. The number of aliphatic hydroxyl groups excluding tert-OH is 1. The summed E-state index contributed by atoms with van der Waals surface area (Å²) in [5, 5.41) is 10.0. The highest BCUT2D eigenvalue weighted by Crippen LogP contribution is 2.28. The number of hydrogen-bond acceptors (Lipinski definition) is 3. The van der Waals surface area contributed by atoms with E-state index in [4.69, 9.17) is 0 Å². The average molecular weight is 248 g/mol. The number of aromatic nitrogens is 1. The second-order valence-electron chi connectivity index (χ2n) is 5.35. The molecular weight excluding hydrogens is 228 g/mol. The lowest BCUT2D eigenvalue weighted by atomic mass is 9.87. The van der Waals surface area contributed by atoms with Crippen LogP contribution >= 0.6 is 0 Å². The molecule has 2 rings (SSSR count). The molecule has 18 heavy (non-hydrogen) atoms. The van der Waals surface area contributed by atoms with Gasteiger partial charge in [-0.3, -0.25) is 9.78 Å². The minimum atomic E-state index is -0.482. The maximum atomic E-state index is 12.3. The van der Waals surface area contributed by atoms with Gasteiger partial charge in [-0.2, -0.15) is 0 Å². The predicted octanol–water partition coefficient (Wildman–Crippen LogP) is 1.39. The molecule has 1 unspecified atom stereocenters. The molecule has 4 heteroatoms. The number of nitrogens with zero attached hydrogens (tertiary/aromatic N) is 2. The Balaban J connectivity index is 2.09. The first-order chi connectivity index (χ1) is 8.51. The number of rotatable bonds is 2. The van der Waals surface area contributed by atoms with Crippen molar-refractivity contribution in [2.75, 3.05) is 6.54 Å². The third-order valence-corrected chi connectivity index (χ3v) is 3.73. The van der Waals surface area contributed by atoms with Crippen LogP contribution in [-0.4, -0.2) is 39.1 Å². The van der Waals surface area contributed by atoms with Gasteiger partial charge in [0.1, 0.15) is 0 Å². The van der Waals surface area contributed by atoms with Crippen molar-refractivity contribution in [3.05, 3.63) is 30.1 Å². The molecule has 1 N–H and O–H groups in total. The molecule has 1 saturated heterocycles. The van der Waals surface area contributed by atoms with Crippen LogP contribution in [-0.2, 0) is 11.2 Å². The van der Waals surface area contributed by atoms with E-state index in [-0.39, 0.29) is 5.91 Å². The maximum absolute atomic E-state index is 12.3. The summed E-state index contributed by atoms with van der Waals surface area (Å²) in [6.45, 7) is 4.57. The van der Waals surface area contributed by atoms with Gasteiger partial charge in [0, 0.05) is 18.4 Å². The SMILES string of the molecule is CC1(C)C(O)CCCN1C(=O)Cc1ccccn1. The van der Waals surface area contributed by atoms with Gasteiger partial charge < -0.3 is 10.0 Å². The summed E-state index contributed by atoms with van der Waals surface area (Å²) < 4.78 is 0. The van der Waals surface area contributed by atoms with Gasteiger partial charge in [-0.25, -0.2) is 0 Å². The summed E-state index contributed by atoms with van der Waals surface area (Å²) in [6.07, 6.45) is 3.17. The minimum Gasteiger partial charge on any atom is -0.391 e. The topological polar surface area (TPSA) is 53.4 Å². The Morgan fingerprint density at radius 3 is 3.00 bits per heavy atom. The molecular formula is C14H20N2O2. The predicted molar refractivity (Wildman–Crippen MR) is 69.0 cm³/mol. The van der Waals surface area contributed by atoms with E-state index >= 15 is 0 Å². The van der Waals surface area contributed by atoms with Gasteiger partial charge in [0.15, 0.2) is 0 Å². The highest BCUT2D eigenvalue weighted by molar-refractivity contribution is 5.79. The molecule has 0 radical (unpaired) electrons. The van der Waals surface area contributed by atoms with Crippen molar-refractivity contribution >= 4 is 5.91 Å². The second-order valence-corrected chi connectivity index (χ2v) is 5.35. The Kier molecular flexibility index (Phi) is 3.66. The number of aliphatic hydroxyl groups is 1. The Hall–Kier alpha value is -1.42. The van der Waals surface area contributed by atoms with Crippen LogP contribution in [0, 0.1) is 0 Å². The van der Waals surface area contributed by atoms with E-state index in [0.717, 1.165) is 25.1 Å².